The van der Waals surface area contributed by atoms with Crippen molar-refractivity contribution in [2.75, 3.05) is 27.5 Å². The molecule has 66 valence electrons. The van der Waals surface area contributed by atoms with Crippen molar-refractivity contribution in [2.24, 2.45) is 0 Å². The fraction of sp³-hybridized carbons (Fsp3) is 0.857. The first-order chi connectivity index (χ1) is 9.32. The number of carbonyl (C=O) groups is 1. The quantitative estimate of drug-likeness (QED) is 0.565. The van der Waals surface area contributed by atoms with E-state index in [9.17, 15) is 9.90 Å². The van der Waals surface area contributed by atoms with Crippen LogP contribution in [0, 0.1) is 0 Å². The van der Waals surface area contributed by atoms with Crippen LogP contribution in [-0.4, -0.2) is 54.2 Å². The Morgan fingerprint density at radius 1 is 1.73 bits per heavy atom. The summed E-state index contributed by atoms with van der Waals surface area (Å²) in [5.41, 5.74) is 0. The van der Waals surface area contributed by atoms with E-state index >= 15 is 0 Å². The number of hydrogen-bond donors (Lipinski definition) is 2. The third kappa shape index (κ3) is 7.29. The van der Waals surface area contributed by atoms with Crippen molar-refractivity contribution in [1.82, 2.24) is 0 Å². The molecule has 0 unspecified atom stereocenters. The molecular formula is C7H16NO3+. The Balaban J connectivity index is 6.20. The van der Waals surface area contributed by atoms with E-state index in [-0.39, 0.29) is 0 Å². The van der Waals surface area contributed by atoms with E-state index in [1.54, 1.807) is 0 Å². The van der Waals surface area contributed by atoms with Crippen LogP contribution in [0.25, 0.3) is 0 Å². The molecule has 0 bridgehead atoms. The predicted molar refractivity (Wildman–Crippen MR) is 41.2 cm³/mol. The summed E-state index contributed by atoms with van der Waals surface area (Å²) in [6.45, 7) is -12.7. The van der Waals surface area contributed by atoms with Crippen LogP contribution in [0.4, 0.5) is 0 Å². The maximum absolute atomic E-state index is 10.7. The lowest BCUT2D eigenvalue weighted by Gasteiger charge is -2.25. The van der Waals surface area contributed by atoms with Gasteiger partial charge in [0.1, 0.15) is 12.6 Å². The Bertz CT molecular complexity index is 387. The predicted octanol–water partition coefficient (Wildman–Crippen LogP) is -0.472. The lowest BCUT2D eigenvalue weighted by atomic mass is 10.2. The zero-order chi connectivity index (χ0) is 18.4. The minimum absolute atomic E-state index is 1.66. The van der Waals surface area contributed by atoms with E-state index in [1.807, 2.05) is 0 Å². The van der Waals surface area contributed by atoms with Gasteiger partial charge in [-0.1, -0.05) is 0 Å². The van der Waals surface area contributed by atoms with Gasteiger partial charge in [-0.2, -0.15) is 0 Å². The summed E-state index contributed by atoms with van der Waals surface area (Å²) < 4.78 is 77.0. The van der Waals surface area contributed by atoms with Gasteiger partial charge in [0.2, 0.25) is 0 Å². The van der Waals surface area contributed by atoms with Gasteiger partial charge in [0.15, 0.2) is 0 Å². The van der Waals surface area contributed by atoms with Crippen molar-refractivity contribution in [1.29, 1.82) is 0 Å². The van der Waals surface area contributed by atoms with Gasteiger partial charge in [-0.15, -0.1) is 0 Å². The first kappa shape index (κ1) is 2.20. The number of carboxylic acids is 1. The Hall–Kier alpha value is -0.610. The van der Waals surface area contributed by atoms with E-state index in [1.165, 1.54) is 0 Å². The number of carboxylic acid groups (broad SMARTS) is 1. The summed E-state index contributed by atoms with van der Waals surface area (Å²) in [7, 11) is 0. The van der Waals surface area contributed by atoms with E-state index < -0.39 is 50.4 Å². The smallest absolute Gasteiger partial charge is 0.306 e. The van der Waals surface area contributed by atoms with Gasteiger partial charge in [0.25, 0.3) is 0 Å². The van der Waals surface area contributed by atoms with Crippen LogP contribution in [-0.2, 0) is 4.79 Å². The van der Waals surface area contributed by atoms with E-state index in [2.05, 4.69) is 0 Å². The first-order valence-electron chi connectivity index (χ1n) is 8.12. The van der Waals surface area contributed by atoms with Gasteiger partial charge < -0.3 is 14.7 Å². The van der Waals surface area contributed by atoms with Crippen molar-refractivity contribution >= 4 is 5.97 Å². The molecule has 1 atom stereocenters. The molecule has 2 N–H and O–H groups in total. The SMILES string of the molecule is [2H]C([2H])(C(=O)O)[C@H](O)C[N+](C([2H])([2H])[2H])(C([2H])([2H])[2H])C([2H])([2H])[2H]. The third-order valence-electron chi connectivity index (χ3n) is 0.737. The summed E-state index contributed by atoms with van der Waals surface area (Å²) in [6, 6.07) is 0. The van der Waals surface area contributed by atoms with Crippen molar-refractivity contribution in [3.05, 3.63) is 0 Å². The summed E-state index contributed by atoms with van der Waals surface area (Å²) in [4.78, 5) is 10.7. The van der Waals surface area contributed by atoms with E-state index in [4.69, 9.17) is 20.2 Å². The summed E-state index contributed by atoms with van der Waals surface area (Å²) >= 11 is 0. The molecule has 0 heterocycles. The van der Waals surface area contributed by atoms with Crippen molar-refractivity contribution < 1.29 is 34.6 Å². The molecule has 0 aromatic rings. The molecule has 0 fully saturated rings. The number of likely N-dealkylation sites (N-methyl/N-ethyl adjacent to an activating group) is 1. The maximum atomic E-state index is 10.7. The Morgan fingerprint density at radius 3 is 2.64 bits per heavy atom. The highest BCUT2D eigenvalue weighted by Gasteiger charge is 2.17. The molecule has 0 aromatic heterocycles. The lowest BCUT2D eigenvalue weighted by Crippen LogP contribution is -2.42. The second-order valence-electron chi connectivity index (χ2n) is 1.96. The summed E-state index contributed by atoms with van der Waals surface area (Å²) in [6.07, 6.45) is -6.10. The highest BCUT2D eigenvalue weighted by Crippen LogP contribution is 1.98. The molecule has 0 spiro atoms. The number of rotatable bonds is 4. The van der Waals surface area contributed by atoms with Gasteiger partial charge >= 0.3 is 5.97 Å². The number of aliphatic hydroxyl groups excluding tert-OH is 1. The van der Waals surface area contributed by atoms with Crippen LogP contribution < -0.4 is 0 Å². The van der Waals surface area contributed by atoms with Crippen molar-refractivity contribution in [3.8, 4) is 0 Å². The standard InChI is InChI=1S/C7H15NO3/c1-8(2,3)5-6(9)4-7(10)11/h6,9H,4-5H2,1-3H3/p+1/t6-/m0/s1/i1D3,2D3,3D3,4D2. The fourth-order valence-corrected chi connectivity index (χ4v) is 0.448. The molecule has 0 saturated carbocycles. The monoisotopic (exact) mass is 173 g/mol. The maximum Gasteiger partial charge on any atom is 0.306 e. The normalized spacial score (nSPS) is 34.1. The number of hydrogen-bond acceptors (Lipinski definition) is 2. The average molecular weight is 173 g/mol. The zero-order valence-corrected chi connectivity index (χ0v) is 5.53. The number of quaternary nitrogens is 1. The highest BCUT2D eigenvalue weighted by molar-refractivity contribution is 5.67. The Kier molecular flexibility index (Phi) is 0.738. The molecule has 0 aliphatic heterocycles. The van der Waals surface area contributed by atoms with Crippen molar-refractivity contribution in [2.45, 2.75) is 12.5 Å². The molecule has 0 radical (unpaired) electrons. The number of aliphatic hydroxyl groups is 1. The molecule has 4 nitrogen and oxygen atoms in total. The molecule has 0 aliphatic rings. The first-order valence-corrected chi connectivity index (χ1v) is 2.62. The van der Waals surface area contributed by atoms with Gasteiger partial charge in [-0.05, 0) is 0 Å². The summed E-state index contributed by atoms with van der Waals surface area (Å²) in [5, 5.41) is 18.3. The highest BCUT2D eigenvalue weighted by atomic mass is 16.4. The van der Waals surface area contributed by atoms with Crippen LogP contribution in [0.1, 0.15) is 21.5 Å². The molecule has 0 saturated heterocycles. The zero-order valence-electron chi connectivity index (χ0n) is 16.5. The Labute approximate surface area is 82.1 Å². The van der Waals surface area contributed by atoms with Crippen LogP contribution in [0.2, 0.25) is 0 Å². The third-order valence-corrected chi connectivity index (χ3v) is 0.737. The Morgan fingerprint density at radius 2 is 2.27 bits per heavy atom. The molecule has 0 aliphatic carbocycles. The van der Waals surface area contributed by atoms with Gasteiger partial charge in [-0.25, -0.2) is 0 Å². The van der Waals surface area contributed by atoms with Crippen LogP contribution in [0.3, 0.4) is 0 Å². The molecule has 4 heteroatoms. The largest absolute Gasteiger partial charge is 0.481 e. The van der Waals surface area contributed by atoms with Gasteiger partial charge in [0, 0.05) is 2.74 Å². The van der Waals surface area contributed by atoms with E-state index in [0.29, 0.717) is 0 Å². The van der Waals surface area contributed by atoms with Crippen molar-refractivity contribution in [3.63, 3.8) is 0 Å². The van der Waals surface area contributed by atoms with Crippen LogP contribution >= 0.6 is 0 Å². The molecule has 0 rings (SSSR count). The fourth-order valence-electron chi connectivity index (χ4n) is 0.448. The van der Waals surface area contributed by atoms with Gasteiger partial charge in [-0.3, -0.25) is 4.79 Å². The molecular weight excluding hydrogens is 146 g/mol. The second kappa shape index (κ2) is 3.69. The molecule has 0 amide bonds. The lowest BCUT2D eigenvalue weighted by molar-refractivity contribution is -0.873. The summed E-state index contributed by atoms with van der Waals surface area (Å²) in [5.74, 6) is -2.18. The minimum Gasteiger partial charge on any atom is -0.481 e. The van der Waals surface area contributed by atoms with Crippen LogP contribution in [0.5, 0.6) is 0 Å². The molecule has 0 aromatic carbocycles. The second-order valence-corrected chi connectivity index (χ2v) is 1.96. The molecule has 11 heavy (non-hydrogen) atoms. The topological polar surface area (TPSA) is 57.5 Å². The minimum atomic E-state index is -3.69. The van der Waals surface area contributed by atoms with E-state index in [0.717, 1.165) is 0 Å². The average Bonchev–Trinajstić information content (AvgIpc) is 2.19. The van der Waals surface area contributed by atoms with Crippen LogP contribution in [0.15, 0.2) is 0 Å². The van der Waals surface area contributed by atoms with Gasteiger partial charge in [0.05, 0.1) is 39.6 Å². The number of nitrogens with zero attached hydrogens (tertiary/aromatic N) is 1. The number of aliphatic carboxylic acids is 1.